The van der Waals surface area contributed by atoms with Crippen molar-refractivity contribution in [2.75, 3.05) is 0 Å². The third-order valence-corrected chi connectivity index (χ3v) is 3.68. The van der Waals surface area contributed by atoms with E-state index in [1.54, 1.807) is 0 Å². The van der Waals surface area contributed by atoms with Crippen LogP contribution in [0.2, 0.25) is 0 Å². The molecule has 1 aliphatic carbocycles. The fraction of sp³-hybridized carbons (Fsp3) is 0.824. The van der Waals surface area contributed by atoms with Gasteiger partial charge in [0.25, 0.3) is 0 Å². The summed E-state index contributed by atoms with van der Waals surface area (Å²) in [7, 11) is 0. The molecule has 0 aromatic rings. The van der Waals surface area contributed by atoms with Gasteiger partial charge in [0.1, 0.15) is 0 Å². The minimum absolute atomic E-state index is 1.23. The van der Waals surface area contributed by atoms with Crippen molar-refractivity contribution < 1.29 is 0 Å². The number of allylic oxidation sites excluding steroid dienone is 1. The maximum atomic E-state index is 3.33. The molecule has 0 saturated heterocycles. The van der Waals surface area contributed by atoms with Crippen LogP contribution in [-0.2, 0) is 0 Å². The number of hydrogen-bond acceptors (Lipinski definition) is 0. The molecule has 0 heterocycles. The molecule has 0 heteroatoms. The van der Waals surface area contributed by atoms with Gasteiger partial charge < -0.3 is 0 Å². The molecule has 0 saturated carbocycles. The van der Waals surface area contributed by atoms with Crippen molar-refractivity contribution in [1.29, 1.82) is 0 Å². The van der Waals surface area contributed by atoms with E-state index in [1.165, 1.54) is 89.9 Å². The molecular formula is C17H30. The molecule has 17 heavy (non-hydrogen) atoms. The Bertz CT molecular complexity index is 188. The Morgan fingerprint density at radius 1 is 0.412 bits per heavy atom. The van der Waals surface area contributed by atoms with Gasteiger partial charge in [-0.3, -0.25) is 0 Å². The highest BCUT2D eigenvalue weighted by Gasteiger charge is 1.93. The minimum atomic E-state index is 1.23. The first kappa shape index (κ1) is 14.6. The van der Waals surface area contributed by atoms with E-state index >= 15 is 0 Å². The highest BCUT2D eigenvalue weighted by molar-refractivity contribution is 4.84. The van der Waals surface area contributed by atoms with E-state index in [1.807, 2.05) is 0 Å². The lowest BCUT2D eigenvalue weighted by atomic mass is 10.0. The summed E-state index contributed by atoms with van der Waals surface area (Å²) in [5, 5.41) is 0. The van der Waals surface area contributed by atoms with Gasteiger partial charge in [-0.15, -0.1) is 5.73 Å². The fourth-order valence-electron chi connectivity index (χ4n) is 2.51. The molecule has 0 aromatic carbocycles. The lowest BCUT2D eigenvalue weighted by Gasteiger charge is -2.02. The smallest absolute Gasteiger partial charge is 0.0274 e. The quantitative estimate of drug-likeness (QED) is 0.439. The predicted octanol–water partition coefficient (Wildman–Crippen LogP) is 6.17. The normalized spacial score (nSPS) is 22.1. The second kappa shape index (κ2) is 12.0. The summed E-state index contributed by atoms with van der Waals surface area (Å²) < 4.78 is 0. The van der Waals surface area contributed by atoms with Crippen LogP contribution in [0.3, 0.4) is 0 Å². The van der Waals surface area contributed by atoms with E-state index in [2.05, 4.69) is 17.9 Å². The highest BCUT2D eigenvalue weighted by atomic mass is 14.0. The standard InChI is InChI=1S/C17H30/c1-2-4-6-8-10-12-14-16-17-15-13-11-9-7-5-3-1/h1,5H,2,4,6-17H2. The lowest BCUT2D eigenvalue weighted by molar-refractivity contribution is 0.542. The van der Waals surface area contributed by atoms with Gasteiger partial charge in [-0.2, -0.15) is 0 Å². The Labute approximate surface area is 108 Å². The second-order valence-corrected chi connectivity index (χ2v) is 5.39. The van der Waals surface area contributed by atoms with Crippen LogP contribution >= 0.6 is 0 Å². The van der Waals surface area contributed by atoms with Gasteiger partial charge >= 0.3 is 0 Å². The SMILES string of the molecule is C1=CCCCCCCCCCCCCCCC=1. The fourth-order valence-corrected chi connectivity index (χ4v) is 2.51. The van der Waals surface area contributed by atoms with Crippen molar-refractivity contribution in [3.05, 3.63) is 17.9 Å². The molecule has 0 aromatic heterocycles. The molecule has 0 radical (unpaired) electrons. The zero-order valence-electron chi connectivity index (χ0n) is 11.6. The molecule has 0 nitrogen and oxygen atoms in total. The van der Waals surface area contributed by atoms with Gasteiger partial charge in [-0.05, 0) is 37.8 Å². The summed E-state index contributed by atoms with van der Waals surface area (Å²) in [6, 6.07) is 0. The summed E-state index contributed by atoms with van der Waals surface area (Å²) in [4.78, 5) is 0. The summed E-state index contributed by atoms with van der Waals surface area (Å²) >= 11 is 0. The van der Waals surface area contributed by atoms with E-state index in [9.17, 15) is 0 Å². The van der Waals surface area contributed by atoms with Crippen LogP contribution in [-0.4, -0.2) is 0 Å². The first-order valence-corrected chi connectivity index (χ1v) is 7.89. The molecule has 0 aliphatic heterocycles. The Hall–Kier alpha value is -0.480. The molecule has 0 bridgehead atoms. The van der Waals surface area contributed by atoms with E-state index in [4.69, 9.17) is 0 Å². The van der Waals surface area contributed by atoms with Gasteiger partial charge in [0.2, 0.25) is 0 Å². The maximum absolute atomic E-state index is 3.33. The molecule has 0 atom stereocenters. The molecule has 0 amide bonds. The van der Waals surface area contributed by atoms with E-state index in [0.29, 0.717) is 0 Å². The summed E-state index contributed by atoms with van der Waals surface area (Å²) in [6.45, 7) is 0. The van der Waals surface area contributed by atoms with Crippen molar-refractivity contribution >= 4 is 0 Å². The molecular weight excluding hydrogens is 204 g/mol. The molecule has 0 unspecified atom stereocenters. The first-order valence-electron chi connectivity index (χ1n) is 7.89. The Balaban J connectivity index is 2.14. The van der Waals surface area contributed by atoms with Crippen molar-refractivity contribution in [3.63, 3.8) is 0 Å². The summed E-state index contributed by atoms with van der Waals surface area (Å²) in [6.07, 6.45) is 24.2. The molecule has 0 N–H and O–H groups in total. The van der Waals surface area contributed by atoms with Crippen molar-refractivity contribution in [1.82, 2.24) is 0 Å². The van der Waals surface area contributed by atoms with Gasteiger partial charge in [0, 0.05) is 0 Å². The van der Waals surface area contributed by atoms with Crippen LogP contribution in [0.25, 0.3) is 0 Å². The van der Waals surface area contributed by atoms with Crippen LogP contribution < -0.4 is 0 Å². The van der Waals surface area contributed by atoms with Crippen LogP contribution in [0.15, 0.2) is 17.9 Å². The average molecular weight is 234 g/mol. The largest absolute Gasteiger partial charge is 0.130 e. The molecule has 1 aliphatic rings. The summed E-state index contributed by atoms with van der Waals surface area (Å²) in [5.41, 5.74) is 3.33. The van der Waals surface area contributed by atoms with Gasteiger partial charge in [-0.1, -0.05) is 64.2 Å². The van der Waals surface area contributed by atoms with E-state index in [0.717, 1.165) is 0 Å². The minimum Gasteiger partial charge on any atom is -0.130 e. The molecule has 0 spiro atoms. The molecule has 0 fully saturated rings. The van der Waals surface area contributed by atoms with Crippen LogP contribution in [0.4, 0.5) is 0 Å². The van der Waals surface area contributed by atoms with Crippen molar-refractivity contribution in [3.8, 4) is 0 Å². The zero-order valence-corrected chi connectivity index (χ0v) is 11.6. The van der Waals surface area contributed by atoms with Crippen LogP contribution in [0.1, 0.15) is 89.9 Å². The topological polar surface area (TPSA) is 0 Å². The number of hydrogen-bond donors (Lipinski definition) is 0. The predicted molar refractivity (Wildman–Crippen MR) is 77.3 cm³/mol. The molecule has 1 rings (SSSR count). The van der Waals surface area contributed by atoms with E-state index in [-0.39, 0.29) is 0 Å². The zero-order chi connectivity index (χ0) is 12.0. The van der Waals surface area contributed by atoms with Crippen LogP contribution in [0.5, 0.6) is 0 Å². The van der Waals surface area contributed by atoms with Gasteiger partial charge in [0.15, 0.2) is 0 Å². The monoisotopic (exact) mass is 234 g/mol. The second-order valence-electron chi connectivity index (χ2n) is 5.39. The van der Waals surface area contributed by atoms with Gasteiger partial charge in [-0.25, -0.2) is 0 Å². The number of rotatable bonds is 0. The van der Waals surface area contributed by atoms with E-state index < -0.39 is 0 Å². The Kier molecular flexibility index (Phi) is 10.3. The highest BCUT2D eigenvalue weighted by Crippen LogP contribution is 2.13. The third-order valence-electron chi connectivity index (χ3n) is 3.68. The lowest BCUT2D eigenvalue weighted by Crippen LogP contribution is -1.82. The maximum Gasteiger partial charge on any atom is -0.0274 e. The molecule has 98 valence electrons. The first-order chi connectivity index (χ1) is 8.50. The van der Waals surface area contributed by atoms with Crippen molar-refractivity contribution in [2.24, 2.45) is 0 Å². The average Bonchev–Trinajstić information content (AvgIpc) is 2.35. The third kappa shape index (κ3) is 10.4. The van der Waals surface area contributed by atoms with Gasteiger partial charge in [0.05, 0.1) is 0 Å². The Morgan fingerprint density at radius 2 is 0.706 bits per heavy atom. The summed E-state index contributed by atoms with van der Waals surface area (Å²) in [5.74, 6) is 0. The Morgan fingerprint density at radius 3 is 1.06 bits per heavy atom. The van der Waals surface area contributed by atoms with Crippen molar-refractivity contribution in [2.45, 2.75) is 89.9 Å². The van der Waals surface area contributed by atoms with Crippen LogP contribution in [0, 0.1) is 0 Å².